The number of aliphatic imine (C=N–C) groups is 12. The van der Waals surface area contributed by atoms with Crippen LogP contribution < -0.4 is 0 Å². The fourth-order valence-electron chi connectivity index (χ4n) is 8.44. The first-order chi connectivity index (χ1) is 32.8. The van der Waals surface area contributed by atoms with Crippen LogP contribution in [-0.4, -0.2) is 146 Å². The number of hydrogen-bond donors (Lipinski definition) is 0. The Morgan fingerprint density at radius 3 is 1.19 bits per heavy atom. The first kappa shape index (κ1) is 59.6. The quantitative estimate of drug-likeness (QED) is 0.0474. The van der Waals surface area contributed by atoms with Crippen molar-refractivity contribution in [2.45, 2.75) is 163 Å². The molecule has 0 heterocycles. The predicted molar refractivity (Wildman–Crippen MR) is 233 cm³/mol. The number of nitrogens with zero attached hydrogens (tertiary/aromatic N) is 12. The summed E-state index contributed by atoms with van der Waals surface area (Å²) in [5.41, 5.74) is -5.91. The normalized spacial score (nSPS) is 14.3. The van der Waals surface area contributed by atoms with Crippen molar-refractivity contribution in [1.29, 1.82) is 0 Å². The summed E-state index contributed by atoms with van der Waals surface area (Å²) >= 11 is 0. The van der Waals surface area contributed by atoms with E-state index in [2.05, 4.69) is 59.9 Å². The molecule has 0 amide bonds. The van der Waals surface area contributed by atoms with Gasteiger partial charge in [0.05, 0.1) is 62.4 Å². The van der Waals surface area contributed by atoms with Gasteiger partial charge in [-0.2, -0.15) is 30.0 Å². The average Bonchev–Trinajstić information content (AvgIpc) is 3.32. The van der Waals surface area contributed by atoms with Crippen LogP contribution in [0.15, 0.2) is 59.9 Å². The molecule has 0 spiro atoms. The zero-order valence-electron chi connectivity index (χ0n) is 37.0. The molecule has 0 bridgehead atoms. The molecule has 0 radical (unpaired) electrons. The third-order valence-corrected chi connectivity index (χ3v) is 11.2. The van der Waals surface area contributed by atoms with Crippen LogP contribution in [0, 0.1) is 0 Å². The van der Waals surface area contributed by atoms with E-state index in [-0.39, 0.29) is 90.5 Å². The van der Waals surface area contributed by atoms with E-state index in [1.807, 2.05) is 0 Å². The summed E-state index contributed by atoms with van der Waals surface area (Å²) in [7, 11) is 0. The molecule has 67 heavy (non-hydrogen) atoms. The van der Waals surface area contributed by atoms with Gasteiger partial charge in [-0.1, -0.05) is 32.1 Å². The summed E-state index contributed by atoms with van der Waals surface area (Å²) < 4.78 is 0. The molecule has 0 saturated carbocycles. The lowest BCUT2D eigenvalue weighted by atomic mass is 9.59. The molecule has 0 aliphatic heterocycles. The lowest BCUT2D eigenvalue weighted by Gasteiger charge is -2.51. The molecular formula is C43H52N12O12. The van der Waals surface area contributed by atoms with Crippen LogP contribution in [0.2, 0.25) is 0 Å². The van der Waals surface area contributed by atoms with Crippen molar-refractivity contribution >= 4 is 73.0 Å². The molecular weight excluding hydrogens is 877 g/mol. The Balaban J connectivity index is 8.03. The number of isocyanates is 12. The molecule has 0 aromatic rings. The monoisotopic (exact) mass is 928 g/mol. The third kappa shape index (κ3) is 21.9. The highest BCUT2D eigenvalue weighted by atomic mass is 16.1. The topological polar surface area (TPSA) is 353 Å². The summed E-state index contributed by atoms with van der Waals surface area (Å²) in [5.74, 6) is 0. The van der Waals surface area contributed by atoms with Crippen LogP contribution in [0.1, 0.15) is 122 Å². The van der Waals surface area contributed by atoms with Crippen LogP contribution in [0.4, 0.5) is 0 Å². The van der Waals surface area contributed by atoms with Gasteiger partial charge in [0.15, 0.2) is 0 Å². The number of unbranched alkanes of at least 4 members (excludes halogenated alkanes) is 5. The second kappa shape index (κ2) is 39.0. The van der Waals surface area contributed by atoms with Crippen LogP contribution in [0.3, 0.4) is 0 Å². The molecule has 0 N–H and O–H groups in total. The molecule has 0 aromatic heterocycles. The minimum absolute atomic E-state index is 0.0144. The van der Waals surface area contributed by atoms with Gasteiger partial charge in [-0.3, -0.25) is 0 Å². The Morgan fingerprint density at radius 2 is 0.701 bits per heavy atom. The number of carbonyl (C=O) groups excluding carboxylic acids is 12. The van der Waals surface area contributed by atoms with E-state index < -0.39 is 47.2 Å². The Hall–Kier alpha value is -7.44. The van der Waals surface area contributed by atoms with Crippen LogP contribution in [0.5, 0.6) is 0 Å². The first-order valence-corrected chi connectivity index (χ1v) is 21.5. The van der Waals surface area contributed by atoms with E-state index in [0.29, 0.717) is 57.8 Å². The second-order valence-corrected chi connectivity index (χ2v) is 15.0. The van der Waals surface area contributed by atoms with E-state index >= 15 is 0 Å². The molecule has 0 aliphatic carbocycles. The predicted octanol–water partition coefficient (Wildman–Crippen LogP) is 4.12. The van der Waals surface area contributed by atoms with Gasteiger partial charge in [0.25, 0.3) is 0 Å². The van der Waals surface area contributed by atoms with E-state index in [4.69, 9.17) is 0 Å². The van der Waals surface area contributed by atoms with Crippen LogP contribution in [0.25, 0.3) is 0 Å². The first-order valence-electron chi connectivity index (χ1n) is 21.5. The average molecular weight is 929 g/mol. The van der Waals surface area contributed by atoms with Crippen molar-refractivity contribution in [1.82, 2.24) is 0 Å². The lowest BCUT2D eigenvalue weighted by molar-refractivity contribution is 0.0958. The largest absolute Gasteiger partial charge is 0.235 e. The van der Waals surface area contributed by atoms with Gasteiger partial charge in [0.2, 0.25) is 73.0 Å². The molecule has 24 nitrogen and oxygen atoms in total. The summed E-state index contributed by atoms with van der Waals surface area (Å²) in [6.45, 7) is 0.119. The molecule has 356 valence electrons. The van der Waals surface area contributed by atoms with Gasteiger partial charge >= 0.3 is 0 Å². The zero-order valence-corrected chi connectivity index (χ0v) is 37.0. The summed E-state index contributed by atoms with van der Waals surface area (Å²) in [6.07, 6.45) is 20.1. The van der Waals surface area contributed by atoms with Crippen LogP contribution in [-0.2, 0) is 57.5 Å². The zero-order chi connectivity index (χ0) is 49.8. The maximum Gasteiger partial charge on any atom is 0.235 e. The summed E-state index contributed by atoms with van der Waals surface area (Å²) in [4.78, 5) is 187. The summed E-state index contributed by atoms with van der Waals surface area (Å²) in [6, 6.07) is -6.02. The maximum atomic E-state index is 12.9. The Kier molecular flexibility index (Phi) is 34.6. The van der Waals surface area contributed by atoms with Gasteiger partial charge in [0.1, 0.15) is 11.1 Å². The maximum absolute atomic E-state index is 12.9. The van der Waals surface area contributed by atoms with Crippen molar-refractivity contribution in [3.05, 3.63) is 0 Å². The van der Waals surface area contributed by atoms with Crippen molar-refractivity contribution in [2.24, 2.45) is 59.9 Å². The van der Waals surface area contributed by atoms with Crippen LogP contribution >= 0.6 is 0 Å². The molecule has 0 aliphatic rings. The Morgan fingerprint density at radius 1 is 0.313 bits per heavy atom. The Bertz CT molecular complexity index is 2110. The molecule has 24 heteroatoms. The highest BCUT2D eigenvalue weighted by Gasteiger charge is 2.65. The standard InChI is InChI=1S/C43H52N12O12/c56-25-44-19-7-2-4-13-38(50-31-62)42(54-35-66,43(55-36-67,40(52-33-64)15-9-21-46-27-58)39(51-32-63)14-5-8-20-45-26-57)24-37(49-30-61)12-3-1-6-16-41(53-34-65,17-10-22-47-28-59)18-11-23-48-29-60/h37-40H,1-24H2. The molecule has 0 fully saturated rings. The van der Waals surface area contributed by atoms with Crippen molar-refractivity contribution in [3.63, 3.8) is 0 Å². The van der Waals surface area contributed by atoms with Gasteiger partial charge in [0, 0.05) is 6.42 Å². The fourth-order valence-corrected chi connectivity index (χ4v) is 8.44. The minimum atomic E-state index is -2.52. The fraction of sp³-hybridized carbons (Fsp3) is 0.721. The van der Waals surface area contributed by atoms with Gasteiger partial charge in [-0.15, -0.1) is 0 Å². The minimum Gasteiger partial charge on any atom is -0.211 e. The van der Waals surface area contributed by atoms with E-state index in [0.717, 1.165) is 0 Å². The molecule has 0 aromatic carbocycles. The molecule has 6 atom stereocenters. The smallest absolute Gasteiger partial charge is 0.211 e. The van der Waals surface area contributed by atoms with Crippen molar-refractivity contribution < 1.29 is 57.5 Å². The summed E-state index contributed by atoms with van der Waals surface area (Å²) in [5, 5.41) is 0. The second-order valence-electron chi connectivity index (χ2n) is 15.0. The number of rotatable bonds is 42. The van der Waals surface area contributed by atoms with Crippen molar-refractivity contribution in [3.8, 4) is 0 Å². The highest BCUT2D eigenvalue weighted by Crippen LogP contribution is 2.49. The van der Waals surface area contributed by atoms with E-state index in [9.17, 15) is 57.5 Å². The number of hydrogen-bond acceptors (Lipinski definition) is 24. The lowest BCUT2D eigenvalue weighted by Crippen LogP contribution is -2.69. The van der Waals surface area contributed by atoms with Gasteiger partial charge in [-0.25, -0.2) is 87.5 Å². The van der Waals surface area contributed by atoms with Crippen molar-refractivity contribution in [2.75, 3.05) is 32.7 Å². The SMILES string of the molecule is O=C=NCCCCCC(N=C=O)C(CC(CCCCCC(CCCN=C=O)(CCCN=C=O)N=C=O)N=C=O)(N=C=O)C(N=C=O)(C(CCCCN=C=O)N=C=O)C(CCCN=C=O)N=C=O. The Labute approximate surface area is 385 Å². The van der Waals surface area contributed by atoms with E-state index in [1.54, 1.807) is 6.08 Å². The van der Waals surface area contributed by atoms with E-state index in [1.165, 1.54) is 66.9 Å². The van der Waals surface area contributed by atoms with Gasteiger partial charge < -0.3 is 0 Å². The highest BCUT2D eigenvalue weighted by molar-refractivity contribution is 5.48. The molecule has 0 rings (SSSR count). The molecule has 6 unspecified atom stereocenters. The molecule has 0 saturated heterocycles. The van der Waals surface area contributed by atoms with Gasteiger partial charge in [-0.05, 0) is 83.5 Å². The third-order valence-electron chi connectivity index (χ3n) is 11.2.